The van der Waals surface area contributed by atoms with Gasteiger partial charge in [-0.2, -0.15) is 0 Å². The molecule has 2 N–H and O–H groups in total. The number of amides is 1. The van der Waals surface area contributed by atoms with Gasteiger partial charge in [0.2, 0.25) is 0 Å². The lowest BCUT2D eigenvalue weighted by Crippen LogP contribution is -2.55. The van der Waals surface area contributed by atoms with Crippen molar-refractivity contribution in [2.75, 3.05) is 6.61 Å². The first-order valence-electron chi connectivity index (χ1n) is 6.76. The maximum Gasteiger partial charge on any atom is 0.329 e. The standard InChI is InChI=1S/C15H18ClNO4/c1-9-7-11(5-6-12(9)16)21-8-13(18)17-15(2,14(19)20)10-3-4-10/h5-7,10H,3-4,8H2,1-2H3,(H,17,18)(H,19,20). The third kappa shape index (κ3) is 3.67. The van der Waals surface area contributed by atoms with Crippen LogP contribution in [0.5, 0.6) is 5.75 Å². The quantitative estimate of drug-likeness (QED) is 0.846. The Kier molecular flexibility index (Phi) is 4.42. The second-order valence-corrected chi connectivity index (χ2v) is 5.94. The number of hydrogen-bond donors (Lipinski definition) is 2. The zero-order valence-electron chi connectivity index (χ0n) is 12.0. The van der Waals surface area contributed by atoms with E-state index in [4.69, 9.17) is 16.3 Å². The van der Waals surface area contributed by atoms with E-state index in [9.17, 15) is 14.7 Å². The van der Waals surface area contributed by atoms with Crippen LogP contribution in [-0.4, -0.2) is 29.1 Å². The number of hydrogen-bond acceptors (Lipinski definition) is 3. The van der Waals surface area contributed by atoms with Crippen molar-refractivity contribution in [1.29, 1.82) is 0 Å². The molecule has 0 aromatic heterocycles. The number of aliphatic carboxylic acids is 1. The van der Waals surface area contributed by atoms with Crippen molar-refractivity contribution >= 4 is 23.5 Å². The zero-order chi connectivity index (χ0) is 15.6. The maximum absolute atomic E-state index is 11.9. The third-order valence-corrected chi connectivity index (χ3v) is 4.16. The van der Waals surface area contributed by atoms with Crippen molar-refractivity contribution in [2.45, 2.75) is 32.2 Å². The largest absolute Gasteiger partial charge is 0.484 e. The molecule has 1 fully saturated rings. The van der Waals surface area contributed by atoms with Crippen LogP contribution in [0.15, 0.2) is 18.2 Å². The van der Waals surface area contributed by atoms with Crippen LogP contribution in [0.2, 0.25) is 5.02 Å². The van der Waals surface area contributed by atoms with E-state index < -0.39 is 17.4 Å². The number of carboxylic acid groups (broad SMARTS) is 1. The van der Waals surface area contributed by atoms with E-state index in [-0.39, 0.29) is 12.5 Å². The lowest BCUT2D eigenvalue weighted by Gasteiger charge is -2.26. The predicted octanol–water partition coefficient (Wildman–Crippen LogP) is 2.40. The highest BCUT2D eigenvalue weighted by Gasteiger charge is 2.48. The summed E-state index contributed by atoms with van der Waals surface area (Å²) in [6, 6.07) is 5.09. The van der Waals surface area contributed by atoms with Crippen LogP contribution in [0.3, 0.4) is 0 Å². The molecule has 114 valence electrons. The molecule has 1 aliphatic rings. The van der Waals surface area contributed by atoms with Gasteiger partial charge in [0.25, 0.3) is 5.91 Å². The molecular formula is C15H18ClNO4. The highest BCUT2D eigenvalue weighted by atomic mass is 35.5. The molecule has 0 aliphatic heterocycles. The lowest BCUT2D eigenvalue weighted by molar-refractivity contribution is -0.148. The van der Waals surface area contributed by atoms with Crippen LogP contribution in [-0.2, 0) is 9.59 Å². The van der Waals surface area contributed by atoms with Crippen LogP contribution in [0, 0.1) is 12.8 Å². The third-order valence-electron chi connectivity index (χ3n) is 3.74. The molecule has 0 heterocycles. The maximum atomic E-state index is 11.9. The van der Waals surface area contributed by atoms with Gasteiger partial charge in [-0.1, -0.05) is 11.6 Å². The van der Waals surface area contributed by atoms with E-state index in [0.717, 1.165) is 18.4 Å². The molecule has 5 nitrogen and oxygen atoms in total. The minimum absolute atomic E-state index is 0.00303. The van der Waals surface area contributed by atoms with Gasteiger partial charge in [-0.15, -0.1) is 0 Å². The SMILES string of the molecule is Cc1cc(OCC(=O)NC(C)(C(=O)O)C2CC2)ccc1Cl. The summed E-state index contributed by atoms with van der Waals surface area (Å²) in [6.45, 7) is 3.15. The Balaban J connectivity index is 1.92. The van der Waals surface area contributed by atoms with Crippen LogP contribution >= 0.6 is 11.6 Å². The van der Waals surface area contributed by atoms with Crippen molar-refractivity contribution in [1.82, 2.24) is 5.32 Å². The van der Waals surface area contributed by atoms with E-state index in [1.807, 2.05) is 6.92 Å². The number of halogens is 1. The first-order chi connectivity index (χ1) is 9.83. The van der Waals surface area contributed by atoms with E-state index in [1.54, 1.807) is 18.2 Å². The minimum Gasteiger partial charge on any atom is -0.484 e. The molecule has 0 saturated heterocycles. The summed E-state index contributed by atoms with van der Waals surface area (Å²) in [4.78, 5) is 23.2. The Hall–Kier alpha value is -1.75. The van der Waals surface area contributed by atoms with Crippen LogP contribution in [0.25, 0.3) is 0 Å². The number of benzene rings is 1. The van der Waals surface area contributed by atoms with Gasteiger partial charge in [-0.05, 0) is 56.4 Å². The lowest BCUT2D eigenvalue weighted by atomic mass is 9.96. The summed E-state index contributed by atoms with van der Waals surface area (Å²) >= 11 is 5.91. The number of nitrogens with one attached hydrogen (secondary N) is 1. The van der Waals surface area contributed by atoms with Gasteiger partial charge in [0, 0.05) is 5.02 Å². The summed E-state index contributed by atoms with van der Waals surface area (Å²) in [6.07, 6.45) is 1.64. The Morgan fingerprint density at radius 1 is 1.48 bits per heavy atom. The van der Waals surface area contributed by atoms with Crippen LogP contribution in [0.1, 0.15) is 25.3 Å². The normalized spacial score (nSPS) is 16.9. The summed E-state index contributed by atoms with van der Waals surface area (Å²) in [7, 11) is 0. The molecule has 1 unspecified atom stereocenters. The molecule has 0 bridgehead atoms. The number of aryl methyl sites for hydroxylation is 1. The number of ether oxygens (including phenoxy) is 1. The molecule has 21 heavy (non-hydrogen) atoms. The Labute approximate surface area is 128 Å². The van der Waals surface area contributed by atoms with Gasteiger partial charge in [0.1, 0.15) is 11.3 Å². The van der Waals surface area contributed by atoms with Crippen molar-refractivity contribution in [2.24, 2.45) is 5.92 Å². The van der Waals surface area contributed by atoms with Crippen LogP contribution < -0.4 is 10.1 Å². The molecule has 1 aromatic carbocycles. The fourth-order valence-electron chi connectivity index (χ4n) is 2.17. The first kappa shape index (κ1) is 15.6. The Morgan fingerprint density at radius 3 is 2.67 bits per heavy atom. The van der Waals surface area contributed by atoms with Gasteiger partial charge in [0.15, 0.2) is 6.61 Å². The highest BCUT2D eigenvalue weighted by Crippen LogP contribution is 2.39. The van der Waals surface area contributed by atoms with Gasteiger partial charge in [0.05, 0.1) is 0 Å². The Morgan fingerprint density at radius 2 is 2.14 bits per heavy atom. The molecule has 1 amide bonds. The number of carbonyl (C=O) groups excluding carboxylic acids is 1. The molecule has 2 rings (SSSR count). The molecule has 1 aromatic rings. The van der Waals surface area contributed by atoms with E-state index >= 15 is 0 Å². The molecule has 0 spiro atoms. The average Bonchev–Trinajstić information content (AvgIpc) is 3.24. The minimum atomic E-state index is -1.21. The summed E-state index contributed by atoms with van der Waals surface area (Å²) in [5, 5.41) is 12.5. The number of rotatable bonds is 6. The van der Waals surface area contributed by atoms with Crippen molar-refractivity contribution in [3.63, 3.8) is 0 Å². The van der Waals surface area contributed by atoms with E-state index in [2.05, 4.69) is 5.32 Å². The van der Waals surface area contributed by atoms with Gasteiger partial charge in [-0.3, -0.25) is 4.79 Å². The molecule has 1 aliphatic carbocycles. The zero-order valence-corrected chi connectivity index (χ0v) is 12.7. The highest BCUT2D eigenvalue weighted by molar-refractivity contribution is 6.31. The molecule has 1 atom stereocenters. The molecule has 1 saturated carbocycles. The summed E-state index contributed by atoms with van der Waals surface area (Å²) < 4.78 is 5.37. The van der Waals surface area contributed by atoms with Gasteiger partial charge >= 0.3 is 5.97 Å². The van der Waals surface area contributed by atoms with Crippen molar-refractivity contribution in [3.8, 4) is 5.75 Å². The van der Waals surface area contributed by atoms with Crippen molar-refractivity contribution in [3.05, 3.63) is 28.8 Å². The topological polar surface area (TPSA) is 75.6 Å². The van der Waals surface area contributed by atoms with E-state index in [1.165, 1.54) is 6.92 Å². The second kappa shape index (κ2) is 5.93. The van der Waals surface area contributed by atoms with Gasteiger partial charge < -0.3 is 15.2 Å². The van der Waals surface area contributed by atoms with E-state index in [0.29, 0.717) is 10.8 Å². The first-order valence-corrected chi connectivity index (χ1v) is 7.14. The smallest absolute Gasteiger partial charge is 0.329 e. The number of carboxylic acids is 1. The Bertz CT molecular complexity index is 571. The fourth-order valence-corrected chi connectivity index (χ4v) is 2.29. The van der Waals surface area contributed by atoms with Crippen molar-refractivity contribution < 1.29 is 19.4 Å². The fraction of sp³-hybridized carbons (Fsp3) is 0.467. The summed E-state index contributed by atoms with van der Waals surface area (Å²) in [5.41, 5.74) is -0.362. The molecular weight excluding hydrogens is 294 g/mol. The van der Waals surface area contributed by atoms with Crippen LogP contribution in [0.4, 0.5) is 0 Å². The average molecular weight is 312 g/mol. The molecule has 6 heteroatoms. The number of carbonyl (C=O) groups is 2. The monoisotopic (exact) mass is 311 g/mol. The second-order valence-electron chi connectivity index (χ2n) is 5.53. The summed E-state index contributed by atoms with van der Waals surface area (Å²) in [5.74, 6) is -0.938. The predicted molar refractivity (Wildman–Crippen MR) is 78.6 cm³/mol. The van der Waals surface area contributed by atoms with Gasteiger partial charge in [-0.25, -0.2) is 4.79 Å². The molecule has 0 radical (unpaired) electrons.